The largest absolute Gasteiger partial charge is 0.494 e. The van der Waals surface area contributed by atoms with Gasteiger partial charge in [0.1, 0.15) is 18.8 Å². The summed E-state index contributed by atoms with van der Waals surface area (Å²) < 4.78 is 16.6. The molecule has 3 aromatic carbocycles. The van der Waals surface area contributed by atoms with Gasteiger partial charge in [0.15, 0.2) is 11.5 Å². The molecule has 0 amide bonds. The van der Waals surface area contributed by atoms with Gasteiger partial charge in [-0.1, -0.05) is 35.9 Å². The van der Waals surface area contributed by atoms with Gasteiger partial charge >= 0.3 is 0 Å². The fraction of sp³-hybridized carbons (Fsp3) is 0.308. The van der Waals surface area contributed by atoms with E-state index in [1.54, 1.807) is 0 Å². The highest BCUT2D eigenvalue weighted by atomic mass is 16.7. The van der Waals surface area contributed by atoms with E-state index >= 15 is 0 Å². The maximum Gasteiger partial charge on any atom is 0.231 e. The van der Waals surface area contributed by atoms with Crippen LogP contribution >= 0.6 is 0 Å². The Morgan fingerprint density at radius 1 is 0.800 bits per heavy atom. The maximum absolute atomic E-state index is 5.59. The molecule has 3 aromatic rings. The Morgan fingerprint density at radius 2 is 1.43 bits per heavy atom. The number of hydrogen-bond acceptors (Lipinski definition) is 3. The van der Waals surface area contributed by atoms with Gasteiger partial charge in [0, 0.05) is 17.5 Å². The number of quaternary nitrogens is 1. The quantitative estimate of drug-likeness (QED) is 0.586. The lowest BCUT2D eigenvalue weighted by Crippen LogP contribution is -3.09. The number of rotatable bonds is 9. The number of benzene rings is 3. The first-order valence-electron chi connectivity index (χ1n) is 10.7. The first-order valence-corrected chi connectivity index (χ1v) is 10.7. The van der Waals surface area contributed by atoms with Crippen molar-refractivity contribution in [3.8, 4) is 17.2 Å². The molecule has 30 heavy (non-hydrogen) atoms. The van der Waals surface area contributed by atoms with Crippen LogP contribution in [0.2, 0.25) is 0 Å². The van der Waals surface area contributed by atoms with Crippen LogP contribution < -0.4 is 19.1 Å². The number of aryl methyl sites for hydroxylation is 1. The van der Waals surface area contributed by atoms with Crippen LogP contribution in [0.15, 0.2) is 66.7 Å². The molecule has 0 aromatic heterocycles. The third-order valence-electron chi connectivity index (χ3n) is 5.47. The minimum atomic E-state index is 0.321. The molecule has 0 bridgehead atoms. The molecule has 1 aliphatic heterocycles. The Labute approximate surface area is 179 Å². The molecule has 1 N–H and O–H groups in total. The molecule has 0 spiro atoms. The van der Waals surface area contributed by atoms with Crippen molar-refractivity contribution in [2.24, 2.45) is 0 Å². The van der Waals surface area contributed by atoms with Gasteiger partial charge in [-0.25, -0.2) is 0 Å². The molecule has 0 saturated heterocycles. The molecule has 1 unspecified atom stereocenters. The SMILES string of the molecule is CCOc1ccc(C[NH+](CCc2ccc3c(c2)OCO3)Cc2ccc(C)cc2)cc1. The number of ether oxygens (including phenoxy) is 3. The van der Waals surface area contributed by atoms with Gasteiger partial charge in [-0.3, -0.25) is 0 Å². The Bertz CT molecular complexity index is 951. The summed E-state index contributed by atoms with van der Waals surface area (Å²) in [7, 11) is 0. The van der Waals surface area contributed by atoms with E-state index in [0.29, 0.717) is 13.4 Å². The minimum absolute atomic E-state index is 0.321. The average molecular weight is 405 g/mol. The first-order chi connectivity index (χ1) is 14.7. The van der Waals surface area contributed by atoms with E-state index in [1.807, 2.05) is 13.0 Å². The van der Waals surface area contributed by atoms with Crippen molar-refractivity contribution in [3.05, 3.63) is 89.0 Å². The second-order valence-electron chi connectivity index (χ2n) is 7.85. The van der Waals surface area contributed by atoms with Crippen LogP contribution in [-0.4, -0.2) is 19.9 Å². The van der Waals surface area contributed by atoms with Crippen molar-refractivity contribution in [2.75, 3.05) is 19.9 Å². The summed E-state index contributed by atoms with van der Waals surface area (Å²) in [4.78, 5) is 1.53. The molecular formula is C26H30NO3+. The van der Waals surface area contributed by atoms with Crippen molar-refractivity contribution in [3.63, 3.8) is 0 Å². The average Bonchev–Trinajstić information content (AvgIpc) is 3.23. The van der Waals surface area contributed by atoms with E-state index in [1.165, 1.54) is 27.2 Å². The van der Waals surface area contributed by atoms with Crippen molar-refractivity contribution in [1.82, 2.24) is 0 Å². The van der Waals surface area contributed by atoms with Gasteiger partial charge in [-0.15, -0.1) is 0 Å². The molecule has 0 aliphatic carbocycles. The Balaban J connectivity index is 1.45. The summed E-state index contributed by atoms with van der Waals surface area (Å²) in [6.07, 6.45) is 0.995. The zero-order valence-electron chi connectivity index (χ0n) is 17.8. The molecular weight excluding hydrogens is 374 g/mol. The molecule has 156 valence electrons. The van der Waals surface area contributed by atoms with Gasteiger partial charge in [0.05, 0.1) is 13.2 Å². The van der Waals surface area contributed by atoms with Crippen molar-refractivity contribution in [1.29, 1.82) is 0 Å². The number of nitrogens with one attached hydrogen (secondary N) is 1. The van der Waals surface area contributed by atoms with Gasteiger partial charge in [0.25, 0.3) is 0 Å². The predicted octanol–water partition coefficient (Wildman–Crippen LogP) is 3.95. The van der Waals surface area contributed by atoms with Crippen LogP contribution in [0.1, 0.15) is 29.2 Å². The second-order valence-corrected chi connectivity index (χ2v) is 7.85. The third-order valence-corrected chi connectivity index (χ3v) is 5.47. The van der Waals surface area contributed by atoms with Gasteiger partial charge in [-0.05, 0) is 55.8 Å². The number of hydrogen-bond donors (Lipinski definition) is 1. The van der Waals surface area contributed by atoms with Gasteiger partial charge in [0.2, 0.25) is 6.79 Å². The summed E-state index contributed by atoms with van der Waals surface area (Å²) in [6, 6.07) is 23.7. The number of fused-ring (bicyclic) bond motifs is 1. The minimum Gasteiger partial charge on any atom is -0.494 e. The predicted molar refractivity (Wildman–Crippen MR) is 118 cm³/mol. The van der Waals surface area contributed by atoms with E-state index in [-0.39, 0.29) is 0 Å². The highest BCUT2D eigenvalue weighted by molar-refractivity contribution is 5.44. The Kier molecular flexibility index (Phi) is 6.55. The molecule has 1 aliphatic rings. The fourth-order valence-corrected chi connectivity index (χ4v) is 3.81. The lowest BCUT2D eigenvalue weighted by atomic mass is 10.1. The van der Waals surface area contributed by atoms with Crippen LogP contribution in [-0.2, 0) is 19.5 Å². The smallest absolute Gasteiger partial charge is 0.231 e. The highest BCUT2D eigenvalue weighted by Gasteiger charge is 2.15. The van der Waals surface area contributed by atoms with Crippen molar-refractivity contribution >= 4 is 0 Å². The summed E-state index contributed by atoms with van der Waals surface area (Å²) >= 11 is 0. The van der Waals surface area contributed by atoms with E-state index in [2.05, 4.69) is 67.6 Å². The van der Waals surface area contributed by atoms with Crippen LogP contribution in [0, 0.1) is 6.92 Å². The first kappa shape index (κ1) is 20.3. The van der Waals surface area contributed by atoms with Crippen LogP contribution in [0.25, 0.3) is 0 Å². The lowest BCUT2D eigenvalue weighted by molar-refractivity contribution is -0.927. The second kappa shape index (κ2) is 9.68. The Hall–Kier alpha value is -2.98. The molecule has 0 saturated carbocycles. The summed E-state index contributed by atoms with van der Waals surface area (Å²) in [5, 5.41) is 0. The summed E-state index contributed by atoms with van der Waals surface area (Å²) in [5.41, 5.74) is 5.28. The van der Waals surface area contributed by atoms with Crippen molar-refractivity contribution < 1.29 is 19.1 Å². The molecule has 1 atom stereocenters. The lowest BCUT2D eigenvalue weighted by Gasteiger charge is -2.20. The van der Waals surface area contributed by atoms with Crippen molar-refractivity contribution in [2.45, 2.75) is 33.4 Å². The topological polar surface area (TPSA) is 32.1 Å². The zero-order valence-corrected chi connectivity index (χ0v) is 17.8. The van der Waals surface area contributed by atoms with E-state index in [9.17, 15) is 0 Å². The van der Waals surface area contributed by atoms with Crippen LogP contribution in [0.5, 0.6) is 17.2 Å². The molecule has 1 heterocycles. The molecule has 0 fully saturated rings. The fourth-order valence-electron chi connectivity index (χ4n) is 3.81. The molecule has 4 nitrogen and oxygen atoms in total. The summed E-state index contributed by atoms with van der Waals surface area (Å²) in [6.45, 7) is 8.18. The van der Waals surface area contributed by atoms with E-state index in [0.717, 1.165) is 43.3 Å². The van der Waals surface area contributed by atoms with E-state index < -0.39 is 0 Å². The third kappa shape index (κ3) is 5.33. The molecule has 4 rings (SSSR count). The van der Waals surface area contributed by atoms with Gasteiger partial charge in [-0.2, -0.15) is 0 Å². The highest BCUT2D eigenvalue weighted by Crippen LogP contribution is 2.32. The standard InChI is InChI=1S/C26H29NO3/c1-3-28-24-11-8-23(9-12-24)18-27(17-22-6-4-20(2)5-7-22)15-14-21-10-13-25-26(16-21)30-19-29-25/h4-13,16H,3,14-15,17-19H2,1-2H3/p+1. The monoisotopic (exact) mass is 404 g/mol. The maximum atomic E-state index is 5.59. The van der Waals surface area contributed by atoms with E-state index in [4.69, 9.17) is 14.2 Å². The van der Waals surface area contributed by atoms with Crippen LogP contribution in [0.3, 0.4) is 0 Å². The normalized spacial score (nSPS) is 13.3. The molecule has 0 radical (unpaired) electrons. The zero-order chi connectivity index (χ0) is 20.8. The Morgan fingerprint density at radius 3 is 2.13 bits per heavy atom. The molecule has 4 heteroatoms. The van der Waals surface area contributed by atoms with Crippen LogP contribution in [0.4, 0.5) is 0 Å². The summed E-state index contributed by atoms with van der Waals surface area (Å²) in [5.74, 6) is 2.64. The van der Waals surface area contributed by atoms with Gasteiger partial charge < -0.3 is 19.1 Å².